The van der Waals surface area contributed by atoms with Crippen molar-refractivity contribution in [2.75, 3.05) is 7.05 Å². The van der Waals surface area contributed by atoms with Crippen molar-refractivity contribution in [2.24, 2.45) is 5.41 Å². The molecule has 0 bridgehead atoms. The lowest BCUT2D eigenvalue weighted by molar-refractivity contribution is 0.142. The number of rotatable bonds is 1. The monoisotopic (exact) mass is 369 g/mol. The molecule has 2 heterocycles. The molecular formula is C21H21F2N3O. The van der Waals surface area contributed by atoms with Crippen LogP contribution in [-0.4, -0.2) is 18.1 Å². The van der Waals surface area contributed by atoms with Gasteiger partial charge in [-0.3, -0.25) is 0 Å². The zero-order valence-corrected chi connectivity index (χ0v) is 15.5. The van der Waals surface area contributed by atoms with Crippen LogP contribution in [0.25, 0.3) is 0 Å². The zero-order chi connectivity index (χ0) is 19.4. The molecule has 6 heteroatoms. The molecule has 1 saturated carbocycles. The lowest BCUT2D eigenvalue weighted by Crippen LogP contribution is -2.62. The first kappa shape index (κ1) is 17.0. The SMILES string of the molecule is C=C1C2(C)c3cc(F)ccc3[N+]3([O-])NN(C)C(c4ccc(F)cc4)C3C12C. The van der Waals surface area contributed by atoms with Crippen molar-refractivity contribution in [2.45, 2.75) is 31.3 Å². The predicted octanol–water partition coefficient (Wildman–Crippen LogP) is 4.09. The summed E-state index contributed by atoms with van der Waals surface area (Å²) in [5, 5.41) is 15.9. The molecule has 4 nitrogen and oxygen atoms in total. The second-order valence-electron chi connectivity index (χ2n) is 8.28. The van der Waals surface area contributed by atoms with Crippen molar-refractivity contribution in [1.29, 1.82) is 0 Å². The van der Waals surface area contributed by atoms with Crippen molar-refractivity contribution in [3.63, 3.8) is 0 Å². The molecule has 5 unspecified atom stereocenters. The van der Waals surface area contributed by atoms with E-state index in [0.29, 0.717) is 11.3 Å². The fraction of sp³-hybridized carbons (Fsp3) is 0.333. The van der Waals surface area contributed by atoms with E-state index in [1.165, 1.54) is 24.3 Å². The number of quaternary nitrogens is 1. The standard InChI is InChI=1S/C21H21F2N3O/c1-12-20(2)16-11-15(23)9-10-17(16)26(27)19(21(12,20)3)18(25(4)24-26)13-5-7-14(22)8-6-13/h5-11,18-19,24H,1H2,2-4H3. The molecule has 2 aromatic carbocycles. The molecule has 5 atom stereocenters. The first-order valence-electron chi connectivity index (χ1n) is 9.02. The van der Waals surface area contributed by atoms with E-state index >= 15 is 0 Å². The molecule has 0 amide bonds. The van der Waals surface area contributed by atoms with E-state index in [1.807, 2.05) is 20.9 Å². The predicted molar refractivity (Wildman–Crippen MR) is 100.0 cm³/mol. The van der Waals surface area contributed by atoms with E-state index in [-0.39, 0.29) is 17.7 Å². The van der Waals surface area contributed by atoms with Crippen molar-refractivity contribution >= 4 is 5.69 Å². The molecule has 1 aliphatic carbocycles. The second-order valence-corrected chi connectivity index (χ2v) is 8.28. The molecule has 1 saturated heterocycles. The Kier molecular flexibility index (Phi) is 3.04. The van der Waals surface area contributed by atoms with Gasteiger partial charge < -0.3 is 5.21 Å². The Morgan fingerprint density at radius 3 is 2.41 bits per heavy atom. The van der Waals surface area contributed by atoms with Crippen molar-refractivity contribution in [1.82, 2.24) is 15.3 Å². The van der Waals surface area contributed by atoms with E-state index in [2.05, 4.69) is 12.1 Å². The van der Waals surface area contributed by atoms with Gasteiger partial charge in [-0.25, -0.2) is 13.5 Å². The van der Waals surface area contributed by atoms with Crippen LogP contribution in [0.1, 0.15) is 31.0 Å². The highest BCUT2D eigenvalue weighted by atomic mass is 19.1. The highest BCUT2D eigenvalue weighted by molar-refractivity contribution is 5.72. The minimum Gasteiger partial charge on any atom is -0.605 e. The van der Waals surface area contributed by atoms with E-state index < -0.39 is 21.6 Å². The van der Waals surface area contributed by atoms with Crippen LogP contribution in [-0.2, 0) is 5.41 Å². The van der Waals surface area contributed by atoms with Gasteiger partial charge in [0.2, 0.25) is 0 Å². The normalized spacial score (nSPS) is 39.7. The largest absolute Gasteiger partial charge is 0.605 e. The van der Waals surface area contributed by atoms with Crippen molar-refractivity contribution < 1.29 is 8.78 Å². The summed E-state index contributed by atoms with van der Waals surface area (Å²) in [6.07, 6.45) is 0. The molecule has 2 fully saturated rings. The maximum atomic E-state index is 14.2. The number of nitrogens with one attached hydrogen (secondary N) is 1. The third-order valence-electron chi connectivity index (χ3n) is 7.28. The number of fused-ring (bicyclic) bond motifs is 6. The van der Waals surface area contributed by atoms with Crippen LogP contribution >= 0.6 is 0 Å². The van der Waals surface area contributed by atoms with E-state index in [1.54, 1.807) is 23.2 Å². The average Bonchev–Trinajstić information content (AvgIpc) is 2.92. The Morgan fingerprint density at radius 1 is 1.11 bits per heavy atom. The van der Waals surface area contributed by atoms with Gasteiger partial charge in [0, 0.05) is 24.1 Å². The summed E-state index contributed by atoms with van der Waals surface area (Å²) in [6.45, 7) is 8.34. The molecule has 2 aromatic rings. The lowest BCUT2D eigenvalue weighted by Gasteiger charge is -2.49. The van der Waals surface area contributed by atoms with Crippen LogP contribution in [0.4, 0.5) is 14.5 Å². The van der Waals surface area contributed by atoms with Gasteiger partial charge >= 0.3 is 0 Å². The first-order chi connectivity index (χ1) is 12.7. The van der Waals surface area contributed by atoms with E-state index in [9.17, 15) is 14.0 Å². The van der Waals surface area contributed by atoms with E-state index in [4.69, 9.17) is 0 Å². The topological polar surface area (TPSA) is 38.3 Å². The Bertz CT molecular complexity index is 993. The highest BCUT2D eigenvalue weighted by Crippen LogP contribution is 2.77. The third-order valence-corrected chi connectivity index (χ3v) is 7.28. The molecule has 2 aliphatic heterocycles. The molecule has 27 heavy (non-hydrogen) atoms. The fourth-order valence-electron chi connectivity index (χ4n) is 5.64. The van der Waals surface area contributed by atoms with Gasteiger partial charge in [-0.1, -0.05) is 36.7 Å². The molecule has 1 N–H and O–H groups in total. The molecular weight excluding hydrogens is 348 g/mol. The van der Waals surface area contributed by atoms with Crippen LogP contribution in [0.2, 0.25) is 0 Å². The summed E-state index contributed by atoms with van der Waals surface area (Å²) < 4.78 is 26.7. The number of halogens is 2. The summed E-state index contributed by atoms with van der Waals surface area (Å²) in [6, 6.07) is 9.94. The van der Waals surface area contributed by atoms with Gasteiger partial charge in [0.25, 0.3) is 0 Å². The van der Waals surface area contributed by atoms with Gasteiger partial charge in [0.1, 0.15) is 23.7 Å². The quantitative estimate of drug-likeness (QED) is 0.467. The summed E-state index contributed by atoms with van der Waals surface area (Å²) in [7, 11) is 1.82. The lowest BCUT2D eigenvalue weighted by atomic mass is 9.75. The smallest absolute Gasteiger partial charge is 0.158 e. The Hall–Kier alpha value is -2.12. The average molecular weight is 369 g/mol. The fourth-order valence-corrected chi connectivity index (χ4v) is 5.64. The molecule has 5 rings (SSSR count). The number of hydrazine groups is 1. The van der Waals surface area contributed by atoms with Crippen LogP contribution in [0.3, 0.4) is 0 Å². The molecule has 0 spiro atoms. The molecule has 140 valence electrons. The first-order valence-corrected chi connectivity index (χ1v) is 9.02. The van der Waals surface area contributed by atoms with Gasteiger partial charge in [0.15, 0.2) is 5.69 Å². The van der Waals surface area contributed by atoms with Gasteiger partial charge in [0.05, 0.1) is 5.41 Å². The summed E-state index contributed by atoms with van der Waals surface area (Å²) in [5.74, 6) is -0.670. The van der Waals surface area contributed by atoms with Gasteiger partial charge in [-0.05, 0) is 36.8 Å². The minimum absolute atomic E-state index is 0.273. The van der Waals surface area contributed by atoms with Gasteiger partial charge in [-0.15, -0.1) is 0 Å². The number of nitrogens with zero attached hydrogens (tertiary/aromatic N) is 2. The third kappa shape index (κ3) is 1.75. The summed E-state index contributed by atoms with van der Waals surface area (Å²) in [5.41, 5.74) is 5.08. The van der Waals surface area contributed by atoms with Gasteiger partial charge in [-0.2, -0.15) is 5.01 Å². The number of hydrogen-bond donors (Lipinski definition) is 1. The maximum Gasteiger partial charge on any atom is 0.158 e. The summed E-state index contributed by atoms with van der Waals surface area (Å²) in [4.78, 5) is 0. The van der Waals surface area contributed by atoms with Crippen molar-refractivity contribution in [3.8, 4) is 0 Å². The second kappa shape index (κ2) is 4.83. The summed E-state index contributed by atoms with van der Waals surface area (Å²) >= 11 is 0. The number of likely N-dealkylation sites (N-methyl/N-ethyl adjacent to an activating group) is 1. The number of benzene rings is 2. The van der Waals surface area contributed by atoms with Crippen molar-refractivity contribution in [3.05, 3.63) is 82.6 Å². The minimum atomic E-state index is -0.779. The maximum absolute atomic E-state index is 14.2. The highest BCUT2D eigenvalue weighted by Gasteiger charge is 2.80. The molecule has 3 aliphatic rings. The number of hydrogen-bond acceptors (Lipinski definition) is 3. The molecule has 0 aromatic heterocycles. The Labute approximate surface area is 156 Å². The van der Waals surface area contributed by atoms with Crippen LogP contribution in [0.15, 0.2) is 54.6 Å². The van der Waals surface area contributed by atoms with Crippen LogP contribution < -0.4 is 10.3 Å². The Morgan fingerprint density at radius 2 is 1.74 bits per heavy atom. The zero-order valence-electron chi connectivity index (χ0n) is 15.5. The number of hydroxylamine groups is 1. The van der Waals surface area contributed by atoms with E-state index in [0.717, 1.165) is 11.1 Å². The molecule has 0 radical (unpaired) electrons. The van der Waals surface area contributed by atoms with Crippen LogP contribution in [0.5, 0.6) is 0 Å². The van der Waals surface area contributed by atoms with Crippen LogP contribution in [0, 0.1) is 22.3 Å². The Balaban J connectivity index is 1.76.